The maximum atomic E-state index is 5.14. The standard InChI is InChI=1S/C10H9BrN2O2/c1-14-7-5-12-6-3-4-8(15-2)13-10(6)9(7)11/h3-5H,1-2H3. The lowest BCUT2D eigenvalue weighted by Gasteiger charge is -2.06. The Kier molecular flexibility index (Phi) is 2.73. The Hall–Kier alpha value is -1.36. The summed E-state index contributed by atoms with van der Waals surface area (Å²) < 4.78 is 11.0. The molecule has 2 rings (SSSR count). The molecular formula is C10H9BrN2O2. The highest BCUT2D eigenvalue weighted by Crippen LogP contribution is 2.30. The van der Waals surface area contributed by atoms with Crippen LogP contribution in [0.1, 0.15) is 0 Å². The Morgan fingerprint density at radius 2 is 2.00 bits per heavy atom. The number of nitrogens with zero attached hydrogens (tertiary/aromatic N) is 2. The van der Waals surface area contributed by atoms with Gasteiger partial charge < -0.3 is 9.47 Å². The molecule has 0 fully saturated rings. The quantitative estimate of drug-likeness (QED) is 0.839. The monoisotopic (exact) mass is 268 g/mol. The second-order valence-electron chi connectivity index (χ2n) is 2.86. The van der Waals surface area contributed by atoms with Crippen molar-refractivity contribution in [3.05, 3.63) is 22.8 Å². The first-order valence-corrected chi connectivity index (χ1v) is 5.09. The number of pyridine rings is 2. The van der Waals surface area contributed by atoms with E-state index in [-0.39, 0.29) is 0 Å². The smallest absolute Gasteiger partial charge is 0.213 e. The van der Waals surface area contributed by atoms with E-state index in [9.17, 15) is 0 Å². The van der Waals surface area contributed by atoms with E-state index in [2.05, 4.69) is 25.9 Å². The van der Waals surface area contributed by atoms with Crippen LogP contribution < -0.4 is 9.47 Å². The van der Waals surface area contributed by atoms with Gasteiger partial charge in [0.15, 0.2) is 5.75 Å². The SMILES string of the molecule is COc1ccc2ncc(OC)c(Br)c2n1. The summed E-state index contributed by atoms with van der Waals surface area (Å²) in [5, 5.41) is 0. The van der Waals surface area contributed by atoms with E-state index in [1.807, 2.05) is 6.07 Å². The number of hydrogen-bond donors (Lipinski definition) is 0. The molecule has 0 aliphatic carbocycles. The molecule has 2 aromatic heterocycles. The van der Waals surface area contributed by atoms with E-state index in [4.69, 9.17) is 9.47 Å². The zero-order valence-electron chi connectivity index (χ0n) is 8.32. The van der Waals surface area contributed by atoms with Crippen LogP contribution >= 0.6 is 15.9 Å². The molecule has 0 aliphatic rings. The summed E-state index contributed by atoms with van der Waals surface area (Å²) in [7, 11) is 3.17. The average Bonchev–Trinajstić information content (AvgIpc) is 2.29. The second kappa shape index (κ2) is 4.02. The highest BCUT2D eigenvalue weighted by Gasteiger charge is 2.08. The highest BCUT2D eigenvalue weighted by atomic mass is 79.9. The van der Waals surface area contributed by atoms with Crippen molar-refractivity contribution < 1.29 is 9.47 Å². The van der Waals surface area contributed by atoms with Gasteiger partial charge in [-0.15, -0.1) is 0 Å². The molecule has 15 heavy (non-hydrogen) atoms. The van der Waals surface area contributed by atoms with Gasteiger partial charge in [0.05, 0.1) is 30.4 Å². The van der Waals surface area contributed by atoms with E-state index >= 15 is 0 Å². The highest BCUT2D eigenvalue weighted by molar-refractivity contribution is 9.10. The predicted octanol–water partition coefficient (Wildman–Crippen LogP) is 2.41. The third-order valence-electron chi connectivity index (χ3n) is 2.02. The Morgan fingerprint density at radius 3 is 2.67 bits per heavy atom. The summed E-state index contributed by atoms with van der Waals surface area (Å²) in [6.45, 7) is 0. The number of aromatic nitrogens is 2. The number of halogens is 1. The van der Waals surface area contributed by atoms with Gasteiger partial charge in [0.25, 0.3) is 0 Å². The van der Waals surface area contributed by atoms with Crippen molar-refractivity contribution in [3.63, 3.8) is 0 Å². The fourth-order valence-corrected chi connectivity index (χ4v) is 1.81. The number of ether oxygens (including phenoxy) is 2. The van der Waals surface area contributed by atoms with Crippen LogP contribution in [-0.2, 0) is 0 Å². The van der Waals surface area contributed by atoms with Crippen LogP contribution in [-0.4, -0.2) is 24.2 Å². The molecule has 0 saturated carbocycles. The molecule has 0 aromatic carbocycles. The van der Waals surface area contributed by atoms with Gasteiger partial charge in [-0.2, -0.15) is 0 Å². The van der Waals surface area contributed by atoms with Crippen LogP contribution in [0.3, 0.4) is 0 Å². The Morgan fingerprint density at radius 1 is 1.20 bits per heavy atom. The van der Waals surface area contributed by atoms with Gasteiger partial charge >= 0.3 is 0 Å². The normalized spacial score (nSPS) is 10.3. The lowest BCUT2D eigenvalue weighted by Crippen LogP contribution is -1.92. The molecular weight excluding hydrogens is 260 g/mol. The molecule has 0 bridgehead atoms. The fourth-order valence-electron chi connectivity index (χ4n) is 1.26. The average molecular weight is 269 g/mol. The van der Waals surface area contributed by atoms with Gasteiger partial charge in [-0.1, -0.05) is 0 Å². The molecule has 5 heteroatoms. The van der Waals surface area contributed by atoms with Crippen LogP contribution in [0.15, 0.2) is 22.8 Å². The number of fused-ring (bicyclic) bond motifs is 1. The van der Waals surface area contributed by atoms with Gasteiger partial charge in [-0.3, -0.25) is 4.98 Å². The molecule has 4 nitrogen and oxygen atoms in total. The maximum Gasteiger partial charge on any atom is 0.213 e. The molecule has 0 N–H and O–H groups in total. The summed E-state index contributed by atoms with van der Waals surface area (Å²) in [5.41, 5.74) is 1.53. The Balaban J connectivity index is 2.72. The van der Waals surface area contributed by atoms with Gasteiger partial charge in [-0.25, -0.2) is 4.98 Å². The third kappa shape index (κ3) is 1.74. The van der Waals surface area contributed by atoms with E-state index in [1.165, 1.54) is 0 Å². The second-order valence-corrected chi connectivity index (χ2v) is 3.65. The van der Waals surface area contributed by atoms with Gasteiger partial charge in [0.1, 0.15) is 5.52 Å². The lowest BCUT2D eigenvalue weighted by atomic mass is 10.3. The van der Waals surface area contributed by atoms with E-state index in [1.54, 1.807) is 26.5 Å². The van der Waals surface area contributed by atoms with Crippen LogP contribution in [0.2, 0.25) is 0 Å². The van der Waals surface area contributed by atoms with Crippen molar-refractivity contribution >= 4 is 27.0 Å². The minimum atomic E-state index is 0.554. The molecule has 0 aliphatic heterocycles. The predicted molar refractivity (Wildman–Crippen MR) is 60.3 cm³/mol. The summed E-state index contributed by atoms with van der Waals surface area (Å²) in [4.78, 5) is 8.51. The number of hydrogen-bond acceptors (Lipinski definition) is 4. The summed E-state index contributed by atoms with van der Waals surface area (Å²) in [5.74, 6) is 1.21. The van der Waals surface area contributed by atoms with Crippen molar-refractivity contribution in [2.24, 2.45) is 0 Å². The molecule has 0 saturated heterocycles. The topological polar surface area (TPSA) is 44.2 Å². The lowest BCUT2D eigenvalue weighted by molar-refractivity contribution is 0.398. The van der Waals surface area contributed by atoms with Gasteiger partial charge in [0, 0.05) is 6.07 Å². The van der Waals surface area contributed by atoms with Crippen LogP contribution in [0.5, 0.6) is 11.6 Å². The van der Waals surface area contributed by atoms with E-state index in [0.29, 0.717) is 11.6 Å². The zero-order valence-corrected chi connectivity index (χ0v) is 9.91. The van der Waals surface area contributed by atoms with E-state index < -0.39 is 0 Å². The summed E-state index contributed by atoms with van der Waals surface area (Å²) in [6, 6.07) is 3.62. The molecule has 2 heterocycles. The van der Waals surface area contributed by atoms with Crippen LogP contribution in [0, 0.1) is 0 Å². The first-order valence-electron chi connectivity index (χ1n) is 4.29. The maximum absolute atomic E-state index is 5.14. The fraction of sp³-hybridized carbons (Fsp3) is 0.200. The first-order chi connectivity index (χ1) is 7.26. The van der Waals surface area contributed by atoms with E-state index in [0.717, 1.165) is 15.5 Å². The minimum Gasteiger partial charge on any atom is -0.494 e. The molecule has 78 valence electrons. The molecule has 0 atom stereocenters. The Bertz CT molecular complexity index is 497. The molecule has 0 spiro atoms. The van der Waals surface area contributed by atoms with Crippen molar-refractivity contribution in [3.8, 4) is 11.6 Å². The first kappa shape index (κ1) is 10.2. The van der Waals surface area contributed by atoms with Gasteiger partial charge in [-0.05, 0) is 22.0 Å². The Labute approximate surface area is 95.4 Å². The van der Waals surface area contributed by atoms with Gasteiger partial charge in [0.2, 0.25) is 5.88 Å². The van der Waals surface area contributed by atoms with Crippen molar-refractivity contribution in [2.75, 3.05) is 14.2 Å². The number of rotatable bonds is 2. The minimum absolute atomic E-state index is 0.554. The third-order valence-corrected chi connectivity index (χ3v) is 2.79. The molecule has 0 radical (unpaired) electrons. The summed E-state index contributed by atoms with van der Waals surface area (Å²) >= 11 is 3.42. The summed E-state index contributed by atoms with van der Waals surface area (Å²) in [6.07, 6.45) is 1.65. The molecule has 0 unspecified atom stereocenters. The van der Waals surface area contributed by atoms with Crippen LogP contribution in [0.25, 0.3) is 11.0 Å². The zero-order chi connectivity index (χ0) is 10.8. The van der Waals surface area contributed by atoms with Crippen molar-refractivity contribution in [1.29, 1.82) is 0 Å². The van der Waals surface area contributed by atoms with Crippen molar-refractivity contribution in [1.82, 2.24) is 9.97 Å². The van der Waals surface area contributed by atoms with Crippen LogP contribution in [0.4, 0.5) is 0 Å². The molecule has 2 aromatic rings. The number of methoxy groups -OCH3 is 2. The molecule has 0 amide bonds. The van der Waals surface area contributed by atoms with Crippen molar-refractivity contribution in [2.45, 2.75) is 0 Å². The largest absolute Gasteiger partial charge is 0.494 e.